The van der Waals surface area contributed by atoms with Crippen molar-refractivity contribution in [3.8, 4) is 0 Å². The van der Waals surface area contributed by atoms with E-state index in [1.165, 1.54) is 6.07 Å². The number of carbonyl (C=O) groups excluding carboxylic acids is 1. The first-order valence-corrected chi connectivity index (χ1v) is 6.26. The fourth-order valence-electron chi connectivity index (χ4n) is 1.42. The van der Waals surface area contributed by atoms with Gasteiger partial charge in [-0.15, -0.1) is 0 Å². The lowest BCUT2D eigenvalue weighted by atomic mass is 10.1. The van der Waals surface area contributed by atoms with Crippen LogP contribution in [0.25, 0.3) is 0 Å². The highest BCUT2D eigenvalue weighted by molar-refractivity contribution is 9.09. The zero-order valence-electron chi connectivity index (χ0n) is 9.46. The van der Waals surface area contributed by atoms with E-state index >= 15 is 0 Å². The van der Waals surface area contributed by atoms with E-state index in [0.29, 0.717) is 12.1 Å². The van der Waals surface area contributed by atoms with Crippen molar-refractivity contribution in [3.63, 3.8) is 0 Å². The highest BCUT2D eigenvalue weighted by Crippen LogP contribution is 2.13. The van der Waals surface area contributed by atoms with Crippen molar-refractivity contribution in [1.82, 2.24) is 4.90 Å². The molecule has 0 saturated carbocycles. The van der Waals surface area contributed by atoms with Gasteiger partial charge in [-0.3, -0.25) is 4.79 Å². The quantitative estimate of drug-likeness (QED) is 0.780. The largest absolute Gasteiger partial charge is 0.342 e. The van der Waals surface area contributed by atoms with Gasteiger partial charge in [-0.05, 0) is 25.0 Å². The molecule has 2 nitrogen and oxygen atoms in total. The number of hydrogen-bond acceptors (Lipinski definition) is 1. The first-order chi connectivity index (χ1) is 7.57. The van der Waals surface area contributed by atoms with Gasteiger partial charge in [0.25, 0.3) is 5.91 Å². The van der Waals surface area contributed by atoms with Crippen LogP contribution < -0.4 is 0 Å². The van der Waals surface area contributed by atoms with Crippen LogP contribution in [0, 0.1) is 12.7 Å². The predicted octanol–water partition coefficient (Wildman–Crippen LogP) is 2.99. The SMILES string of the molecule is Cc1cccc(C(=O)N(C)CCCBr)c1F. The summed E-state index contributed by atoms with van der Waals surface area (Å²) in [5, 5.41) is 0.834. The van der Waals surface area contributed by atoms with Gasteiger partial charge in [-0.2, -0.15) is 0 Å². The van der Waals surface area contributed by atoms with Gasteiger partial charge in [0.1, 0.15) is 5.82 Å². The summed E-state index contributed by atoms with van der Waals surface area (Å²) in [6, 6.07) is 4.88. The second-order valence-corrected chi connectivity index (χ2v) is 4.50. The smallest absolute Gasteiger partial charge is 0.256 e. The average molecular weight is 288 g/mol. The lowest BCUT2D eigenvalue weighted by Crippen LogP contribution is -2.28. The maximum absolute atomic E-state index is 13.7. The maximum atomic E-state index is 13.7. The van der Waals surface area contributed by atoms with Crippen molar-refractivity contribution < 1.29 is 9.18 Å². The summed E-state index contributed by atoms with van der Waals surface area (Å²) in [5.41, 5.74) is 0.650. The molecule has 0 aromatic heterocycles. The molecular formula is C12H15BrFNO. The Bertz CT molecular complexity index is 381. The van der Waals surface area contributed by atoms with Gasteiger partial charge in [0.15, 0.2) is 0 Å². The van der Waals surface area contributed by atoms with Gasteiger partial charge in [0.2, 0.25) is 0 Å². The summed E-state index contributed by atoms with van der Waals surface area (Å²) in [6.45, 7) is 2.28. The maximum Gasteiger partial charge on any atom is 0.256 e. The number of benzene rings is 1. The Morgan fingerprint density at radius 3 is 2.81 bits per heavy atom. The van der Waals surface area contributed by atoms with Crippen LogP contribution in [0.1, 0.15) is 22.3 Å². The van der Waals surface area contributed by atoms with E-state index in [1.807, 2.05) is 0 Å². The van der Waals surface area contributed by atoms with Gasteiger partial charge in [0.05, 0.1) is 5.56 Å². The van der Waals surface area contributed by atoms with Crippen LogP contribution in [-0.2, 0) is 0 Å². The number of carbonyl (C=O) groups is 1. The normalized spacial score (nSPS) is 10.2. The summed E-state index contributed by atoms with van der Waals surface area (Å²) >= 11 is 3.30. The van der Waals surface area contributed by atoms with Crippen molar-refractivity contribution in [2.45, 2.75) is 13.3 Å². The lowest BCUT2D eigenvalue weighted by Gasteiger charge is -2.17. The third-order valence-electron chi connectivity index (χ3n) is 2.40. The third-order valence-corrected chi connectivity index (χ3v) is 2.96. The molecule has 4 heteroatoms. The van der Waals surface area contributed by atoms with E-state index in [-0.39, 0.29) is 11.5 Å². The van der Waals surface area contributed by atoms with Gasteiger partial charge in [0, 0.05) is 18.9 Å². The Kier molecular flexibility index (Phi) is 4.93. The average Bonchev–Trinajstić information content (AvgIpc) is 2.28. The molecular weight excluding hydrogens is 273 g/mol. The fourth-order valence-corrected chi connectivity index (χ4v) is 1.67. The number of amides is 1. The fraction of sp³-hybridized carbons (Fsp3) is 0.417. The number of nitrogens with zero attached hydrogens (tertiary/aromatic N) is 1. The molecule has 16 heavy (non-hydrogen) atoms. The van der Waals surface area contributed by atoms with Crippen LogP contribution in [-0.4, -0.2) is 29.7 Å². The summed E-state index contributed by atoms with van der Waals surface area (Å²) in [4.78, 5) is 13.4. The van der Waals surface area contributed by atoms with E-state index in [2.05, 4.69) is 15.9 Å². The van der Waals surface area contributed by atoms with E-state index in [9.17, 15) is 9.18 Å². The molecule has 0 aliphatic heterocycles. The van der Waals surface area contributed by atoms with Crippen LogP contribution in [0.2, 0.25) is 0 Å². The van der Waals surface area contributed by atoms with Crippen LogP contribution in [0.4, 0.5) is 4.39 Å². The summed E-state index contributed by atoms with van der Waals surface area (Å²) < 4.78 is 13.7. The molecule has 0 spiro atoms. The molecule has 0 aliphatic carbocycles. The summed E-state index contributed by atoms with van der Waals surface area (Å²) in [7, 11) is 1.69. The van der Waals surface area contributed by atoms with Gasteiger partial charge in [-0.25, -0.2) is 4.39 Å². The second-order valence-electron chi connectivity index (χ2n) is 3.71. The van der Waals surface area contributed by atoms with Gasteiger partial charge >= 0.3 is 0 Å². The van der Waals surface area contributed by atoms with Crippen LogP contribution in [0.5, 0.6) is 0 Å². The molecule has 88 valence electrons. The van der Waals surface area contributed by atoms with Crippen LogP contribution in [0.15, 0.2) is 18.2 Å². The Morgan fingerprint density at radius 1 is 1.50 bits per heavy atom. The first kappa shape index (κ1) is 13.2. The number of aryl methyl sites for hydroxylation is 1. The van der Waals surface area contributed by atoms with Crippen molar-refractivity contribution in [2.24, 2.45) is 0 Å². The monoisotopic (exact) mass is 287 g/mol. The molecule has 0 fully saturated rings. The Hall–Kier alpha value is -0.900. The molecule has 0 N–H and O–H groups in total. The van der Waals surface area contributed by atoms with Gasteiger partial charge in [-0.1, -0.05) is 28.1 Å². The highest BCUT2D eigenvalue weighted by Gasteiger charge is 2.16. The molecule has 0 bridgehead atoms. The second kappa shape index (κ2) is 5.99. The van der Waals surface area contributed by atoms with E-state index in [4.69, 9.17) is 0 Å². The highest BCUT2D eigenvalue weighted by atomic mass is 79.9. The van der Waals surface area contributed by atoms with E-state index in [1.54, 1.807) is 31.0 Å². The molecule has 0 unspecified atom stereocenters. The van der Waals surface area contributed by atoms with E-state index < -0.39 is 5.82 Å². The molecule has 1 aromatic rings. The van der Waals surface area contributed by atoms with E-state index in [0.717, 1.165) is 11.8 Å². The first-order valence-electron chi connectivity index (χ1n) is 5.14. The molecule has 1 rings (SSSR count). The minimum atomic E-state index is -0.418. The molecule has 0 atom stereocenters. The molecule has 1 aromatic carbocycles. The Morgan fingerprint density at radius 2 is 2.19 bits per heavy atom. The molecule has 0 saturated heterocycles. The number of rotatable bonds is 4. The molecule has 0 aliphatic rings. The predicted molar refractivity (Wildman–Crippen MR) is 66.5 cm³/mol. The minimum Gasteiger partial charge on any atom is -0.342 e. The number of halogens is 2. The molecule has 0 heterocycles. The van der Waals surface area contributed by atoms with Crippen molar-refractivity contribution in [2.75, 3.05) is 18.9 Å². The topological polar surface area (TPSA) is 20.3 Å². The Balaban J connectivity index is 2.84. The lowest BCUT2D eigenvalue weighted by molar-refractivity contribution is 0.0791. The number of hydrogen-bond donors (Lipinski definition) is 0. The molecule has 0 radical (unpaired) electrons. The van der Waals surface area contributed by atoms with Crippen LogP contribution in [0.3, 0.4) is 0 Å². The molecule has 1 amide bonds. The zero-order chi connectivity index (χ0) is 12.1. The standard InChI is InChI=1S/C12H15BrFNO/c1-9-5-3-6-10(11(9)14)12(16)15(2)8-4-7-13/h3,5-6H,4,7-8H2,1-2H3. The van der Waals surface area contributed by atoms with Crippen LogP contribution >= 0.6 is 15.9 Å². The zero-order valence-corrected chi connectivity index (χ0v) is 11.1. The summed E-state index contributed by atoms with van der Waals surface area (Å²) in [5.74, 6) is -0.680. The Labute approximate surface area is 104 Å². The van der Waals surface area contributed by atoms with Gasteiger partial charge < -0.3 is 4.90 Å². The minimum absolute atomic E-state index is 0.150. The van der Waals surface area contributed by atoms with Crippen molar-refractivity contribution in [3.05, 3.63) is 35.1 Å². The third kappa shape index (κ3) is 3.04. The summed E-state index contributed by atoms with van der Waals surface area (Å²) in [6.07, 6.45) is 0.857. The number of alkyl halides is 1. The van der Waals surface area contributed by atoms with Crippen molar-refractivity contribution >= 4 is 21.8 Å². The van der Waals surface area contributed by atoms with Crippen molar-refractivity contribution in [1.29, 1.82) is 0 Å².